The molecule has 2 unspecified atom stereocenters. The van der Waals surface area contributed by atoms with Crippen LogP contribution in [0.5, 0.6) is 0 Å². The lowest BCUT2D eigenvalue weighted by Crippen LogP contribution is -2.79. The molecular formula is C34H42Br2N6O4. The van der Waals surface area contributed by atoms with Gasteiger partial charge in [0.25, 0.3) is 6.09 Å². The largest absolute Gasteiger partial charge is 0.498 e. The Morgan fingerprint density at radius 3 is 2.37 bits per heavy atom. The predicted octanol–water partition coefficient (Wildman–Crippen LogP) is 4.06. The van der Waals surface area contributed by atoms with Gasteiger partial charge in [-0.1, -0.05) is 36.4 Å². The third kappa shape index (κ3) is 6.32. The van der Waals surface area contributed by atoms with Crippen molar-refractivity contribution in [3.63, 3.8) is 0 Å². The van der Waals surface area contributed by atoms with Crippen LogP contribution < -0.4 is 10.8 Å². The van der Waals surface area contributed by atoms with Crippen molar-refractivity contribution < 1.29 is 19.2 Å². The number of hydrogen-bond acceptors (Lipinski definition) is 7. The molecular weight excluding hydrogens is 716 g/mol. The molecule has 0 spiro atoms. The van der Waals surface area contributed by atoms with Gasteiger partial charge in [-0.25, -0.2) is 4.79 Å². The van der Waals surface area contributed by atoms with Crippen LogP contribution in [0.2, 0.25) is 0 Å². The van der Waals surface area contributed by atoms with E-state index in [1.807, 2.05) is 54.7 Å². The molecule has 1 amide bonds. The van der Waals surface area contributed by atoms with Gasteiger partial charge in [-0.15, -0.1) is 0 Å². The lowest BCUT2D eigenvalue weighted by molar-refractivity contribution is -0.956. The number of quaternary nitrogens is 1. The van der Waals surface area contributed by atoms with Crippen molar-refractivity contribution in [2.75, 3.05) is 52.9 Å². The number of aromatic amines is 1. The number of nitrogens with zero attached hydrogens (tertiary/aromatic N) is 5. The van der Waals surface area contributed by atoms with Crippen molar-refractivity contribution in [1.82, 2.24) is 24.3 Å². The minimum Gasteiger partial charge on any atom is -0.498 e. The summed E-state index contributed by atoms with van der Waals surface area (Å²) in [5.74, 6) is 0. The molecule has 2 aromatic carbocycles. The molecule has 10 nitrogen and oxygen atoms in total. The fraction of sp³-hybridized carbons (Fsp3) is 0.500. The second-order valence-electron chi connectivity index (χ2n) is 13.2. The van der Waals surface area contributed by atoms with E-state index in [4.69, 9.17) is 0 Å². The van der Waals surface area contributed by atoms with Gasteiger partial charge < -0.3 is 24.6 Å². The van der Waals surface area contributed by atoms with E-state index in [1.54, 1.807) is 4.57 Å². The number of carbonyl (C=O) groups excluding carboxylic acids is 2. The summed E-state index contributed by atoms with van der Waals surface area (Å²) in [6, 6.07) is 15.6. The van der Waals surface area contributed by atoms with Crippen LogP contribution >= 0.6 is 31.9 Å². The number of carboxylic acid groups (broad SMARTS) is 1. The van der Waals surface area contributed by atoms with Crippen molar-refractivity contribution >= 4 is 44.2 Å². The molecule has 46 heavy (non-hydrogen) atoms. The average molecular weight is 759 g/mol. The van der Waals surface area contributed by atoms with E-state index in [-0.39, 0.29) is 35.7 Å². The second-order valence-corrected chi connectivity index (χ2v) is 14.9. The van der Waals surface area contributed by atoms with Crippen molar-refractivity contribution in [3.8, 4) is 11.3 Å². The van der Waals surface area contributed by atoms with Gasteiger partial charge >= 0.3 is 5.69 Å². The first kappa shape index (κ1) is 33.3. The fourth-order valence-corrected chi connectivity index (χ4v) is 8.84. The summed E-state index contributed by atoms with van der Waals surface area (Å²) in [5, 5.41) is 13.6. The number of carbonyl (C=O) groups is 2. The molecule has 0 saturated carbocycles. The highest BCUT2D eigenvalue weighted by Crippen LogP contribution is 2.47. The maximum absolute atomic E-state index is 13.6. The van der Waals surface area contributed by atoms with Gasteiger partial charge in [0.1, 0.15) is 12.8 Å². The zero-order valence-electron chi connectivity index (χ0n) is 26.2. The van der Waals surface area contributed by atoms with E-state index in [9.17, 15) is 19.5 Å². The van der Waals surface area contributed by atoms with Gasteiger partial charge in [-0.3, -0.25) is 18.8 Å². The molecule has 3 aromatic rings. The average Bonchev–Trinajstić information content (AvgIpc) is 3.46. The predicted molar refractivity (Wildman–Crippen MR) is 182 cm³/mol. The van der Waals surface area contributed by atoms with E-state index < -0.39 is 11.8 Å². The molecule has 0 aliphatic carbocycles. The van der Waals surface area contributed by atoms with Crippen LogP contribution in [-0.4, -0.2) is 106 Å². The molecule has 1 aromatic heterocycles. The van der Waals surface area contributed by atoms with E-state index in [2.05, 4.69) is 58.6 Å². The number of imidazole rings is 1. The van der Waals surface area contributed by atoms with E-state index >= 15 is 0 Å². The number of piperazine rings is 1. The summed E-state index contributed by atoms with van der Waals surface area (Å²) in [6.07, 6.45) is 4.14. The Bertz CT molecular complexity index is 1600. The number of hydrogen-bond donors (Lipinski definition) is 1. The number of rotatable bonds is 8. The summed E-state index contributed by atoms with van der Waals surface area (Å²) in [6.45, 7) is 5.89. The first-order chi connectivity index (χ1) is 22.2. The highest BCUT2D eigenvalue weighted by atomic mass is 79.9. The Morgan fingerprint density at radius 1 is 1.00 bits per heavy atom. The maximum Gasteiger partial charge on any atom is 0.326 e. The van der Waals surface area contributed by atoms with Crippen LogP contribution in [0, 0.1) is 0 Å². The van der Waals surface area contributed by atoms with E-state index in [0.29, 0.717) is 37.7 Å². The molecule has 0 radical (unpaired) electrons. The Kier molecular flexibility index (Phi) is 10.0. The Labute approximate surface area is 286 Å². The summed E-state index contributed by atoms with van der Waals surface area (Å²) in [4.78, 5) is 49.9. The molecule has 3 fully saturated rings. The van der Waals surface area contributed by atoms with Crippen LogP contribution in [0.1, 0.15) is 43.7 Å². The number of likely N-dealkylation sites (tertiary alicyclic amines) is 2. The normalized spacial score (nSPS) is 27.1. The topological polar surface area (TPSA) is 105 Å². The van der Waals surface area contributed by atoms with Crippen molar-refractivity contribution in [2.24, 2.45) is 0 Å². The first-order valence-electron chi connectivity index (χ1n) is 16.2. The highest BCUT2D eigenvalue weighted by Gasteiger charge is 2.60. The molecule has 1 N–H and O–H groups in total. The Hall–Kier alpha value is -2.61. The molecule has 3 aliphatic rings. The minimum absolute atomic E-state index is 0.0269. The summed E-state index contributed by atoms with van der Waals surface area (Å²) >= 11 is 7.12. The molecule has 3 aliphatic heterocycles. The van der Waals surface area contributed by atoms with Crippen LogP contribution in [0.15, 0.2) is 68.5 Å². The number of likely N-dealkylation sites (N-methyl/N-ethyl adjacent to an activating group) is 1. The second kappa shape index (κ2) is 13.9. The van der Waals surface area contributed by atoms with Gasteiger partial charge in [-0.2, -0.15) is 0 Å². The molecule has 6 rings (SSSR count). The van der Waals surface area contributed by atoms with Gasteiger partial charge in [0.15, 0.2) is 5.66 Å². The number of aldehydes is 1. The third-order valence-corrected chi connectivity index (χ3v) is 12.6. The zero-order valence-corrected chi connectivity index (χ0v) is 29.4. The van der Waals surface area contributed by atoms with Crippen LogP contribution in [0.3, 0.4) is 0 Å². The van der Waals surface area contributed by atoms with Crippen LogP contribution in [-0.2, 0) is 11.3 Å². The molecule has 4 heterocycles. The van der Waals surface area contributed by atoms with E-state index in [1.165, 1.54) is 0 Å². The SMILES string of the molecule is CN1CCN(C2CCN(C3(CC=O)CC(n4cc(-c5ccccc5)[nH]c4=O)CC[N@+]3(Cc3ccc(Br)c(Br)c3)C(=O)[O-])CC2)CC1. The maximum atomic E-state index is 13.6. The fourth-order valence-electron chi connectivity index (χ4n) is 8.17. The van der Waals surface area contributed by atoms with Gasteiger partial charge in [-0.05, 0) is 69.4 Å². The summed E-state index contributed by atoms with van der Waals surface area (Å²) < 4.78 is 3.04. The zero-order chi connectivity index (χ0) is 32.5. The van der Waals surface area contributed by atoms with Crippen LogP contribution in [0.25, 0.3) is 11.3 Å². The van der Waals surface area contributed by atoms with Crippen molar-refractivity contribution in [2.45, 2.75) is 56.4 Å². The van der Waals surface area contributed by atoms with E-state index in [0.717, 1.165) is 65.4 Å². The molecule has 246 valence electrons. The molecule has 3 atom stereocenters. The molecule has 3 saturated heterocycles. The number of amides is 1. The number of halogens is 2. The van der Waals surface area contributed by atoms with Gasteiger partial charge in [0, 0.05) is 78.9 Å². The monoisotopic (exact) mass is 756 g/mol. The Balaban J connectivity index is 1.38. The number of benzene rings is 2. The lowest BCUT2D eigenvalue weighted by atomic mass is 9.82. The lowest BCUT2D eigenvalue weighted by Gasteiger charge is -2.61. The van der Waals surface area contributed by atoms with Gasteiger partial charge in [0.2, 0.25) is 0 Å². The summed E-state index contributed by atoms with van der Waals surface area (Å²) in [5.41, 5.74) is 1.12. The van der Waals surface area contributed by atoms with Crippen molar-refractivity contribution in [1.29, 1.82) is 0 Å². The number of H-pyrrole nitrogens is 1. The third-order valence-electron chi connectivity index (χ3n) is 10.7. The van der Waals surface area contributed by atoms with Crippen molar-refractivity contribution in [3.05, 3.63) is 79.7 Å². The minimum atomic E-state index is -1.19. The molecule has 0 bridgehead atoms. The Morgan fingerprint density at radius 2 is 1.72 bits per heavy atom. The number of piperidine rings is 2. The summed E-state index contributed by atoms with van der Waals surface area (Å²) in [7, 11) is 2.16. The van der Waals surface area contributed by atoms with Gasteiger partial charge in [0.05, 0.1) is 24.7 Å². The highest BCUT2D eigenvalue weighted by molar-refractivity contribution is 9.13. The number of nitrogens with one attached hydrogen (secondary N) is 1. The quantitative estimate of drug-likeness (QED) is 0.273. The van der Waals surface area contributed by atoms with Crippen LogP contribution in [0.4, 0.5) is 4.79 Å². The molecule has 12 heteroatoms. The smallest absolute Gasteiger partial charge is 0.326 e. The number of aromatic nitrogens is 2. The first-order valence-corrected chi connectivity index (χ1v) is 17.7. The standard InChI is InChI=1S/C34H42Br2N6O4/c1-38-15-17-39(18-16-38)27-9-13-40(14-10-27)34(12-20-43)22-28(41-23-31(37-32(41)44)26-5-3-2-4-6-26)11-19-42(34,33(45)46)24-25-7-8-29(35)30(36)21-25/h2-8,20-21,23,27-28H,9-19,22,24H2,1H3,(H-,37,44,45,46)/t28?,34?,42-/m0/s1.